The summed E-state index contributed by atoms with van der Waals surface area (Å²) in [6.07, 6.45) is 12.0. The van der Waals surface area contributed by atoms with E-state index in [1.54, 1.807) is 17.6 Å². The number of nitrogens with one attached hydrogen (secondary N) is 1. The Morgan fingerprint density at radius 1 is 1.00 bits per heavy atom. The predicted molar refractivity (Wildman–Crippen MR) is 154 cm³/mol. The molecule has 0 bridgehead atoms. The molecule has 2 saturated carbocycles. The average molecular weight is 546 g/mol. The molecule has 2 amide bonds. The average Bonchev–Trinajstić information content (AvgIpc) is 3.78. The lowest BCUT2D eigenvalue weighted by molar-refractivity contribution is -0.124. The lowest BCUT2D eigenvalue weighted by Gasteiger charge is -2.44. The molecule has 7 heteroatoms. The lowest BCUT2D eigenvalue weighted by Crippen LogP contribution is -2.50. The summed E-state index contributed by atoms with van der Waals surface area (Å²) in [5.41, 5.74) is 1.54. The SMILES string of the molecule is O=C(NCCCN(Cc1ccco1)C1CCCC1)C1c2ccccc2C(=O)N(C2CCCC2)C1c1cccs1. The number of benzene rings is 1. The van der Waals surface area contributed by atoms with E-state index in [1.165, 1.54) is 25.7 Å². The summed E-state index contributed by atoms with van der Waals surface area (Å²) in [6.45, 7) is 2.36. The smallest absolute Gasteiger partial charge is 0.254 e. The molecule has 2 aromatic heterocycles. The molecule has 6 nitrogen and oxygen atoms in total. The minimum absolute atomic E-state index is 0.0230. The molecule has 2 fully saturated rings. The maximum absolute atomic E-state index is 14.0. The number of carbonyl (C=O) groups excluding carboxylic acids is 2. The molecule has 2 atom stereocenters. The molecular weight excluding hydrogens is 506 g/mol. The van der Waals surface area contributed by atoms with Crippen LogP contribution in [0.25, 0.3) is 0 Å². The van der Waals surface area contributed by atoms with Gasteiger partial charge in [-0.25, -0.2) is 0 Å². The minimum atomic E-state index is -0.410. The molecule has 3 heterocycles. The molecule has 0 spiro atoms. The highest BCUT2D eigenvalue weighted by atomic mass is 32.1. The van der Waals surface area contributed by atoms with Gasteiger partial charge in [0.05, 0.1) is 24.8 Å². The maximum Gasteiger partial charge on any atom is 0.254 e. The third-order valence-corrected chi connectivity index (χ3v) is 9.86. The van der Waals surface area contributed by atoms with E-state index in [9.17, 15) is 9.59 Å². The Labute approximate surface area is 235 Å². The van der Waals surface area contributed by atoms with E-state index in [2.05, 4.69) is 26.6 Å². The predicted octanol–water partition coefficient (Wildman–Crippen LogP) is 6.52. The Bertz CT molecular complexity index is 1230. The van der Waals surface area contributed by atoms with Gasteiger partial charge in [-0.2, -0.15) is 0 Å². The van der Waals surface area contributed by atoms with Crippen molar-refractivity contribution in [2.45, 2.75) is 88.4 Å². The summed E-state index contributed by atoms with van der Waals surface area (Å²) in [4.78, 5) is 33.6. The maximum atomic E-state index is 14.0. The van der Waals surface area contributed by atoms with Gasteiger partial charge >= 0.3 is 0 Å². The number of rotatable bonds is 10. The number of fused-ring (bicyclic) bond motifs is 1. The van der Waals surface area contributed by atoms with Crippen LogP contribution in [0.2, 0.25) is 0 Å². The molecule has 1 N–H and O–H groups in total. The first-order valence-corrected chi connectivity index (χ1v) is 15.6. The van der Waals surface area contributed by atoms with E-state index in [0.717, 1.165) is 61.4 Å². The van der Waals surface area contributed by atoms with Crippen LogP contribution < -0.4 is 5.32 Å². The first kappa shape index (κ1) is 26.3. The molecule has 0 saturated heterocycles. The largest absolute Gasteiger partial charge is 0.468 e. The van der Waals surface area contributed by atoms with Crippen LogP contribution >= 0.6 is 11.3 Å². The monoisotopic (exact) mass is 545 g/mol. The van der Waals surface area contributed by atoms with Crippen LogP contribution in [0.5, 0.6) is 0 Å². The zero-order chi connectivity index (χ0) is 26.6. The van der Waals surface area contributed by atoms with Crippen molar-refractivity contribution in [2.24, 2.45) is 0 Å². The van der Waals surface area contributed by atoms with Crippen molar-refractivity contribution in [2.75, 3.05) is 13.1 Å². The summed E-state index contributed by atoms with van der Waals surface area (Å²) < 4.78 is 5.65. The molecule has 1 aromatic carbocycles. The number of hydrogen-bond donors (Lipinski definition) is 1. The number of thiophene rings is 1. The van der Waals surface area contributed by atoms with E-state index in [-0.39, 0.29) is 23.9 Å². The second kappa shape index (κ2) is 12.1. The molecule has 3 aromatic rings. The Balaban J connectivity index is 1.19. The van der Waals surface area contributed by atoms with Gasteiger partial charge in [0.25, 0.3) is 5.91 Å². The molecule has 6 rings (SSSR count). The van der Waals surface area contributed by atoms with Crippen molar-refractivity contribution in [1.82, 2.24) is 15.1 Å². The minimum Gasteiger partial charge on any atom is -0.468 e. The molecule has 206 valence electrons. The van der Waals surface area contributed by atoms with Gasteiger partial charge in [-0.3, -0.25) is 14.5 Å². The van der Waals surface area contributed by atoms with Crippen LogP contribution in [-0.2, 0) is 11.3 Å². The van der Waals surface area contributed by atoms with Gasteiger partial charge in [0, 0.05) is 35.6 Å². The van der Waals surface area contributed by atoms with Crippen molar-refractivity contribution < 1.29 is 14.0 Å². The number of carbonyl (C=O) groups is 2. The van der Waals surface area contributed by atoms with E-state index in [1.807, 2.05) is 42.5 Å². The van der Waals surface area contributed by atoms with Gasteiger partial charge in [-0.1, -0.05) is 49.9 Å². The summed E-state index contributed by atoms with van der Waals surface area (Å²) >= 11 is 1.65. The molecule has 39 heavy (non-hydrogen) atoms. The Morgan fingerprint density at radius 2 is 1.79 bits per heavy atom. The molecule has 0 radical (unpaired) electrons. The third-order valence-electron chi connectivity index (χ3n) is 8.91. The number of nitrogens with zero attached hydrogens (tertiary/aromatic N) is 2. The molecule has 2 aliphatic carbocycles. The molecular formula is C32H39N3O3S. The second-order valence-electron chi connectivity index (χ2n) is 11.3. The highest BCUT2D eigenvalue weighted by Crippen LogP contribution is 2.47. The van der Waals surface area contributed by atoms with Gasteiger partial charge in [0.2, 0.25) is 5.91 Å². The van der Waals surface area contributed by atoms with Gasteiger partial charge in [-0.15, -0.1) is 11.3 Å². The van der Waals surface area contributed by atoms with Crippen molar-refractivity contribution in [3.63, 3.8) is 0 Å². The number of hydrogen-bond acceptors (Lipinski definition) is 5. The first-order valence-electron chi connectivity index (χ1n) is 14.7. The fraction of sp³-hybridized carbons (Fsp3) is 0.500. The Morgan fingerprint density at radius 3 is 2.54 bits per heavy atom. The van der Waals surface area contributed by atoms with Gasteiger partial charge in [0.15, 0.2) is 0 Å². The van der Waals surface area contributed by atoms with Crippen molar-refractivity contribution >= 4 is 23.2 Å². The van der Waals surface area contributed by atoms with Crippen LogP contribution in [0.15, 0.2) is 64.6 Å². The molecule has 3 aliphatic rings. The van der Waals surface area contributed by atoms with Crippen molar-refractivity contribution in [1.29, 1.82) is 0 Å². The zero-order valence-corrected chi connectivity index (χ0v) is 23.4. The highest BCUT2D eigenvalue weighted by Gasteiger charge is 2.47. The summed E-state index contributed by atoms with van der Waals surface area (Å²) in [5, 5.41) is 5.35. The van der Waals surface area contributed by atoms with E-state index >= 15 is 0 Å². The quantitative estimate of drug-likeness (QED) is 0.295. The van der Waals surface area contributed by atoms with Gasteiger partial charge < -0.3 is 14.6 Å². The number of amides is 2. The number of furan rings is 1. The fourth-order valence-electron chi connectivity index (χ4n) is 7.05. The topological polar surface area (TPSA) is 65.8 Å². The zero-order valence-electron chi connectivity index (χ0n) is 22.6. The Kier molecular flexibility index (Phi) is 8.16. The highest BCUT2D eigenvalue weighted by molar-refractivity contribution is 7.10. The standard InChI is InChI=1S/C32H39N3O3S/c36-31(33-18-9-19-34(23-10-1-2-11-23)22-25-14-7-20-38-25)29-26-15-5-6-16-27(26)32(37)35(24-12-3-4-13-24)30(29)28-17-8-21-39-28/h5-8,14-17,20-21,23-24,29-30H,1-4,9-13,18-19,22H2,(H,33,36). The van der Waals surface area contributed by atoms with Crippen LogP contribution in [0, 0.1) is 0 Å². The van der Waals surface area contributed by atoms with E-state index < -0.39 is 5.92 Å². The third kappa shape index (κ3) is 5.57. The van der Waals surface area contributed by atoms with Crippen molar-refractivity contribution in [3.8, 4) is 0 Å². The Hall–Kier alpha value is -2.90. The van der Waals surface area contributed by atoms with Crippen LogP contribution in [0.4, 0.5) is 0 Å². The lowest BCUT2D eigenvalue weighted by atomic mass is 9.80. The fourth-order valence-corrected chi connectivity index (χ4v) is 7.91. The van der Waals surface area contributed by atoms with Crippen LogP contribution in [-0.4, -0.2) is 46.8 Å². The van der Waals surface area contributed by atoms with Crippen LogP contribution in [0.1, 0.15) is 96.3 Å². The van der Waals surface area contributed by atoms with Gasteiger partial charge in [0.1, 0.15) is 5.76 Å². The van der Waals surface area contributed by atoms with Gasteiger partial charge in [-0.05, 0) is 67.3 Å². The summed E-state index contributed by atoms with van der Waals surface area (Å²) in [6, 6.07) is 16.4. The molecule has 2 unspecified atom stereocenters. The summed E-state index contributed by atoms with van der Waals surface area (Å²) in [7, 11) is 0. The van der Waals surface area contributed by atoms with Crippen LogP contribution in [0.3, 0.4) is 0 Å². The summed E-state index contributed by atoms with van der Waals surface area (Å²) in [5.74, 6) is 0.687. The normalized spacial score (nSPS) is 22.1. The second-order valence-corrected chi connectivity index (χ2v) is 12.3. The molecule has 1 aliphatic heterocycles. The van der Waals surface area contributed by atoms with E-state index in [4.69, 9.17) is 4.42 Å². The van der Waals surface area contributed by atoms with Crippen molar-refractivity contribution in [3.05, 3.63) is 81.9 Å². The first-order chi connectivity index (χ1) is 19.2. The van der Waals surface area contributed by atoms with E-state index in [0.29, 0.717) is 18.2 Å².